The van der Waals surface area contributed by atoms with Crippen LogP contribution in [0.4, 0.5) is 11.4 Å². The molecule has 2 nitrogen and oxygen atoms in total. The first-order valence-corrected chi connectivity index (χ1v) is 7.71. The Morgan fingerprint density at radius 3 is 1.33 bits per heavy atom. The Bertz CT molecular complexity index is 526. The van der Waals surface area contributed by atoms with Crippen LogP contribution < -0.4 is 10.6 Å². The number of benzene rings is 2. The Hall–Kier alpha value is -1.09. The normalized spacial score (nSPS) is 11.5. The number of anilines is 2. The molecule has 0 aromatic heterocycles. The van der Waals surface area contributed by atoms with Gasteiger partial charge in [0.1, 0.15) is 6.17 Å². The van der Waals surface area contributed by atoms with Gasteiger partial charge in [0.15, 0.2) is 0 Å². The van der Waals surface area contributed by atoms with E-state index in [0.717, 1.165) is 11.4 Å². The second-order valence-electron chi connectivity index (χ2n) is 5.00. The van der Waals surface area contributed by atoms with Gasteiger partial charge in [0.25, 0.3) is 0 Å². The van der Waals surface area contributed by atoms with E-state index >= 15 is 0 Å². The molecule has 0 spiro atoms. The summed E-state index contributed by atoms with van der Waals surface area (Å²) in [5, 5.41) is 6.40. The van der Waals surface area contributed by atoms with Crippen molar-refractivity contribution >= 4 is 46.2 Å². The molecular formula is C16H17Cl3N2. The van der Waals surface area contributed by atoms with E-state index in [1.807, 2.05) is 62.4 Å². The summed E-state index contributed by atoms with van der Waals surface area (Å²) in [6.07, 6.45) is -0.548. The molecule has 0 radical (unpaired) electrons. The standard InChI is InChI=1S/C16H17Cl3N2/c1-11-3-7-13(8-4-11)20-15(16(17,18)19)21-14-9-5-12(2)6-10-14/h3-10,15,20-21H,1-2H3. The third kappa shape index (κ3) is 4.99. The molecule has 0 saturated carbocycles. The molecule has 2 aromatic rings. The summed E-state index contributed by atoms with van der Waals surface area (Å²) >= 11 is 18.2. The fourth-order valence-corrected chi connectivity index (χ4v) is 2.16. The average molecular weight is 344 g/mol. The van der Waals surface area contributed by atoms with Gasteiger partial charge in [0, 0.05) is 11.4 Å². The lowest BCUT2D eigenvalue weighted by atomic mass is 10.2. The maximum Gasteiger partial charge on any atom is 0.228 e. The summed E-state index contributed by atoms with van der Waals surface area (Å²) < 4.78 is -1.49. The van der Waals surface area contributed by atoms with Gasteiger partial charge >= 0.3 is 0 Å². The fourth-order valence-electron chi connectivity index (χ4n) is 1.83. The molecule has 0 unspecified atom stereocenters. The maximum atomic E-state index is 6.07. The predicted molar refractivity (Wildman–Crippen MR) is 93.7 cm³/mol. The number of alkyl halides is 3. The lowest BCUT2D eigenvalue weighted by Gasteiger charge is -2.28. The highest BCUT2D eigenvalue weighted by atomic mass is 35.6. The zero-order valence-corrected chi connectivity index (χ0v) is 14.1. The Kier molecular flexibility index (Phi) is 5.26. The van der Waals surface area contributed by atoms with E-state index in [2.05, 4.69) is 10.6 Å². The molecule has 0 aliphatic carbocycles. The molecule has 2 aromatic carbocycles. The van der Waals surface area contributed by atoms with Crippen LogP contribution in [0.1, 0.15) is 11.1 Å². The highest BCUT2D eigenvalue weighted by molar-refractivity contribution is 6.68. The van der Waals surface area contributed by atoms with Crippen LogP contribution in [0.2, 0.25) is 0 Å². The van der Waals surface area contributed by atoms with E-state index < -0.39 is 9.96 Å². The summed E-state index contributed by atoms with van der Waals surface area (Å²) in [7, 11) is 0. The second-order valence-corrected chi connectivity index (χ2v) is 7.36. The summed E-state index contributed by atoms with van der Waals surface area (Å²) in [5.41, 5.74) is 4.13. The molecule has 0 atom stereocenters. The van der Waals surface area contributed by atoms with Gasteiger partial charge in [-0.15, -0.1) is 0 Å². The van der Waals surface area contributed by atoms with Crippen LogP contribution >= 0.6 is 34.8 Å². The van der Waals surface area contributed by atoms with Crippen LogP contribution in [0.5, 0.6) is 0 Å². The topological polar surface area (TPSA) is 24.1 Å². The SMILES string of the molecule is Cc1ccc(NC(Nc2ccc(C)cc2)C(Cl)(Cl)Cl)cc1. The Morgan fingerprint density at radius 1 is 0.714 bits per heavy atom. The minimum atomic E-state index is -1.49. The van der Waals surface area contributed by atoms with E-state index in [1.54, 1.807) is 0 Å². The van der Waals surface area contributed by atoms with Crippen molar-refractivity contribution in [2.24, 2.45) is 0 Å². The molecule has 0 amide bonds. The Morgan fingerprint density at radius 2 is 1.05 bits per heavy atom. The number of halogens is 3. The summed E-state index contributed by atoms with van der Waals surface area (Å²) in [6, 6.07) is 15.8. The average Bonchev–Trinajstić information content (AvgIpc) is 2.42. The zero-order chi connectivity index (χ0) is 15.5. The summed E-state index contributed by atoms with van der Waals surface area (Å²) in [5.74, 6) is 0. The van der Waals surface area contributed by atoms with Crippen LogP contribution in [-0.2, 0) is 0 Å². The van der Waals surface area contributed by atoms with Gasteiger partial charge in [-0.2, -0.15) is 0 Å². The first-order chi connectivity index (χ1) is 9.84. The quantitative estimate of drug-likeness (QED) is 0.564. The van der Waals surface area contributed by atoms with Gasteiger partial charge in [-0.1, -0.05) is 70.2 Å². The van der Waals surface area contributed by atoms with Crippen molar-refractivity contribution in [3.05, 3.63) is 59.7 Å². The van der Waals surface area contributed by atoms with Crippen molar-refractivity contribution in [2.75, 3.05) is 10.6 Å². The monoisotopic (exact) mass is 342 g/mol. The van der Waals surface area contributed by atoms with Gasteiger partial charge in [-0.05, 0) is 38.1 Å². The van der Waals surface area contributed by atoms with Crippen LogP contribution in [-0.4, -0.2) is 9.96 Å². The van der Waals surface area contributed by atoms with Crippen LogP contribution in [0.25, 0.3) is 0 Å². The van der Waals surface area contributed by atoms with Crippen molar-refractivity contribution in [2.45, 2.75) is 23.8 Å². The molecule has 0 bridgehead atoms. The van der Waals surface area contributed by atoms with Crippen molar-refractivity contribution in [3.63, 3.8) is 0 Å². The van der Waals surface area contributed by atoms with Gasteiger partial charge in [-0.3, -0.25) is 0 Å². The molecule has 21 heavy (non-hydrogen) atoms. The lowest BCUT2D eigenvalue weighted by molar-refractivity contribution is 0.838. The Labute approximate surface area is 140 Å². The Balaban J connectivity index is 2.15. The van der Waals surface area contributed by atoms with Gasteiger partial charge in [0.2, 0.25) is 3.79 Å². The van der Waals surface area contributed by atoms with E-state index in [0.29, 0.717) is 0 Å². The number of hydrogen-bond donors (Lipinski definition) is 2. The van der Waals surface area contributed by atoms with E-state index in [9.17, 15) is 0 Å². The maximum absolute atomic E-state index is 6.07. The molecule has 2 N–H and O–H groups in total. The molecular weight excluding hydrogens is 327 g/mol. The molecule has 0 heterocycles. The first kappa shape index (κ1) is 16.3. The fraction of sp³-hybridized carbons (Fsp3) is 0.250. The predicted octanol–water partition coefficient (Wildman–Crippen LogP) is 5.52. The molecule has 5 heteroatoms. The van der Waals surface area contributed by atoms with Crippen LogP contribution in [0.15, 0.2) is 48.5 Å². The third-order valence-electron chi connectivity index (χ3n) is 3.05. The van der Waals surface area contributed by atoms with Crippen molar-refractivity contribution < 1.29 is 0 Å². The number of rotatable bonds is 4. The van der Waals surface area contributed by atoms with Gasteiger partial charge < -0.3 is 10.6 Å². The molecule has 0 aliphatic heterocycles. The van der Waals surface area contributed by atoms with E-state index in [-0.39, 0.29) is 0 Å². The number of hydrogen-bond acceptors (Lipinski definition) is 2. The minimum absolute atomic E-state index is 0.548. The smallest absolute Gasteiger partial charge is 0.228 e. The third-order valence-corrected chi connectivity index (χ3v) is 3.71. The second kappa shape index (κ2) is 6.78. The van der Waals surface area contributed by atoms with Crippen LogP contribution in [0, 0.1) is 13.8 Å². The number of nitrogens with one attached hydrogen (secondary N) is 2. The van der Waals surface area contributed by atoms with Crippen molar-refractivity contribution in [1.82, 2.24) is 0 Å². The molecule has 0 fully saturated rings. The van der Waals surface area contributed by atoms with E-state index in [1.165, 1.54) is 11.1 Å². The van der Waals surface area contributed by atoms with Gasteiger partial charge in [-0.25, -0.2) is 0 Å². The molecule has 2 rings (SSSR count). The number of aryl methyl sites for hydroxylation is 2. The molecule has 0 aliphatic rings. The van der Waals surface area contributed by atoms with Crippen molar-refractivity contribution in [3.8, 4) is 0 Å². The lowest BCUT2D eigenvalue weighted by Crippen LogP contribution is -2.40. The first-order valence-electron chi connectivity index (χ1n) is 6.58. The summed E-state index contributed by atoms with van der Waals surface area (Å²) in [4.78, 5) is 0. The van der Waals surface area contributed by atoms with Gasteiger partial charge in [0.05, 0.1) is 0 Å². The van der Waals surface area contributed by atoms with E-state index in [4.69, 9.17) is 34.8 Å². The summed E-state index contributed by atoms with van der Waals surface area (Å²) in [6.45, 7) is 4.06. The molecule has 0 saturated heterocycles. The minimum Gasteiger partial charge on any atom is -0.362 e. The highest BCUT2D eigenvalue weighted by Crippen LogP contribution is 2.33. The van der Waals surface area contributed by atoms with Crippen LogP contribution in [0.3, 0.4) is 0 Å². The zero-order valence-electron chi connectivity index (χ0n) is 11.8. The molecule has 112 valence electrons. The van der Waals surface area contributed by atoms with Crippen molar-refractivity contribution in [1.29, 1.82) is 0 Å². The highest BCUT2D eigenvalue weighted by Gasteiger charge is 2.32. The largest absolute Gasteiger partial charge is 0.362 e.